The molecule has 2 rings (SSSR count). The first-order valence-corrected chi connectivity index (χ1v) is 5.18. The maximum atomic E-state index is 11.7. The molecule has 1 N–H and O–H groups in total. The van der Waals surface area contributed by atoms with Crippen LogP contribution in [0.5, 0.6) is 0 Å². The van der Waals surface area contributed by atoms with Crippen LogP contribution >= 0.6 is 0 Å². The average molecular weight is 233 g/mol. The summed E-state index contributed by atoms with van der Waals surface area (Å²) in [6.07, 6.45) is 1.20. The molecule has 6 heteroatoms. The number of pyridine rings is 1. The van der Waals surface area contributed by atoms with Crippen LogP contribution in [0.15, 0.2) is 30.5 Å². The van der Waals surface area contributed by atoms with Crippen LogP contribution in [-0.2, 0) is 0 Å². The molecule has 0 unspecified atom stereocenters. The molecule has 1 aromatic heterocycles. The summed E-state index contributed by atoms with van der Waals surface area (Å²) in [6.45, 7) is 2.33. The fourth-order valence-corrected chi connectivity index (χ4v) is 1.78. The molecule has 88 valence electrons. The Bertz CT molecular complexity index is 583. The molecule has 0 fully saturated rings. The van der Waals surface area contributed by atoms with Crippen LogP contribution in [0.1, 0.15) is 6.92 Å². The van der Waals surface area contributed by atoms with E-state index in [1.807, 2.05) is 6.92 Å². The molecule has 0 aliphatic rings. The topological polar surface area (TPSA) is 82.1 Å². The summed E-state index contributed by atoms with van der Waals surface area (Å²) in [5.74, 6) is 0. The standard InChI is InChI=1S/C11H11N3O3/c1-2-12-9-7-13(15)10-6-4-3-5-8(10)11(9)14(16)17/h3-7,12H,2H2,1H3. The highest BCUT2D eigenvalue weighted by molar-refractivity contribution is 5.91. The first-order valence-electron chi connectivity index (χ1n) is 5.18. The molecule has 17 heavy (non-hydrogen) atoms. The first-order chi connectivity index (χ1) is 8.15. The number of fused-ring (bicyclic) bond motifs is 1. The van der Waals surface area contributed by atoms with E-state index in [0.29, 0.717) is 22.2 Å². The highest BCUT2D eigenvalue weighted by atomic mass is 16.6. The van der Waals surface area contributed by atoms with E-state index in [1.165, 1.54) is 6.20 Å². The zero-order valence-corrected chi connectivity index (χ0v) is 9.21. The largest absolute Gasteiger partial charge is 0.618 e. The molecule has 0 atom stereocenters. The van der Waals surface area contributed by atoms with E-state index in [0.717, 1.165) is 0 Å². The lowest BCUT2D eigenvalue weighted by atomic mass is 10.1. The molecule has 0 saturated carbocycles. The Hall–Kier alpha value is -2.37. The van der Waals surface area contributed by atoms with Gasteiger partial charge in [-0.05, 0) is 13.0 Å². The minimum atomic E-state index is -0.472. The molecule has 0 aliphatic heterocycles. The molecule has 1 heterocycles. The van der Waals surface area contributed by atoms with Crippen LogP contribution in [0.2, 0.25) is 0 Å². The van der Waals surface area contributed by atoms with E-state index >= 15 is 0 Å². The molecule has 0 bridgehead atoms. The molecule has 1 aromatic carbocycles. The number of hydrogen-bond donors (Lipinski definition) is 1. The van der Waals surface area contributed by atoms with Crippen molar-refractivity contribution in [2.75, 3.05) is 11.9 Å². The van der Waals surface area contributed by atoms with Crippen LogP contribution in [0.25, 0.3) is 10.9 Å². The van der Waals surface area contributed by atoms with Crippen molar-refractivity contribution in [2.24, 2.45) is 0 Å². The molecular formula is C11H11N3O3. The van der Waals surface area contributed by atoms with Gasteiger partial charge < -0.3 is 10.5 Å². The smallest absolute Gasteiger partial charge is 0.312 e. The summed E-state index contributed by atoms with van der Waals surface area (Å²) in [5.41, 5.74) is 0.474. The van der Waals surface area contributed by atoms with Gasteiger partial charge in [-0.1, -0.05) is 12.1 Å². The van der Waals surface area contributed by atoms with Crippen molar-refractivity contribution < 1.29 is 9.65 Å². The van der Waals surface area contributed by atoms with Gasteiger partial charge in [0, 0.05) is 12.6 Å². The summed E-state index contributed by atoms with van der Waals surface area (Å²) in [7, 11) is 0. The summed E-state index contributed by atoms with van der Waals surface area (Å²) in [5, 5.41) is 25.9. The normalized spacial score (nSPS) is 10.4. The van der Waals surface area contributed by atoms with Gasteiger partial charge in [-0.25, -0.2) is 0 Å². The van der Waals surface area contributed by atoms with Gasteiger partial charge in [-0.2, -0.15) is 4.73 Å². The molecular weight excluding hydrogens is 222 g/mol. The van der Waals surface area contributed by atoms with Crippen molar-refractivity contribution in [2.45, 2.75) is 6.92 Å². The van der Waals surface area contributed by atoms with Crippen LogP contribution in [-0.4, -0.2) is 11.5 Å². The van der Waals surface area contributed by atoms with Crippen molar-refractivity contribution in [3.8, 4) is 0 Å². The Morgan fingerprint density at radius 2 is 2.12 bits per heavy atom. The van der Waals surface area contributed by atoms with Crippen LogP contribution in [0.4, 0.5) is 11.4 Å². The van der Waals surface area contributed by atoms with Crippen LogP contribution < -0.4 is 10.0 Å². The van der Waals surface area contributed by atoms with Crippen LogP contribution in [0.3, 0.4) is 0 Å². The Balaban J connectivity index is 2.83. The molecule has 0 spiro atoms. The molecule has 0 radical (unpaired) electrons. The number of nitrogens with zero attached hydrogens (tertiary/aromatic N) is 2. The monoisotopic (exact) mass is 233 g/mol. The lowest BCUT2D eigenvalue weighted by molar-refractivity contribution is -0.576. The number of anilines is 1. The summed E-state index contributed by atoms with van der Waals surface area (Å²) >= 11 is 0. The minimum absolute atomic E-state index is 0.0606. The lowest BCUT2D eigenvalue weighted by Gasteiger charge is -2.07. The van der Waals surface area contributed by atoms with Gasteiger partial charge in [0.25, 0.3) is 0 Å². The maximum Gasteiger partial charge on any atom is 0.312 e. The Labute approximate surface area is 97.2 Å². The quantitative estimate of drug-likeness (QED) is 0.379. The Morgan fingerprint density at radius 3 is 2.76 bits per heavy atom. The molecule has 0 aliphatic carbocycles. The van der Waals surface area contributed by atoms with E-state index < -0.39 is 4.92 Å². The van der Waals surface area contributed by atoms with E-state index in [4.69, 9.17) is 0 Å². The van der Waals surface area contributed by atoms with Gasteiger partial charge in [-0.15, -0.1) is 0 Å². The highest BCUT2D eigenvalue weighted by Gasteiger charge is 2.23. The van der Waals surface area contributed by atoms with E-state index in [1.54, 1.807) is 24.3 Å². The predicted octanol–water partition coefficient (Wildman–Crippen LogP) is 1.81. The van der Waals surface area contributed by atoms with Gasteiger partial charge in [0.15, 0.2) is 5.69 Å². The zero-order valence-electron chi connectivity index (χ0n) is 9.21. The van der Waals surface area contributed by atoms with Crippen LogP contribution in [0, 0.1) is 15.3 Å². The van der Waals surface area contributed by atoms with Crippen molar-refractivity contribution in [3.63, 3.8) is 0 Å². The second-order valence-electron chi connectivity index (χ2n) is 3.52. The number of nitro groups is 1. The summed E-state index contributed by atoms with van der Waals surface area (Å²) in [4.78, 5) is 10.6. The van der Waals surface area contributed by atoms with Crippen molar-refractivity contribution in [3.05, 3.63) is 45.8 Å². The number of aromatic nitrogens is 1. The third-order valence-electron chi connectivity index (χ3n) is 2.45. The Kier molecular flexibility index (Phi) is 2.78. The number of hydrogen-bond acceptors (Lipinski definition) is 4. The van der Waals surface area contributed by atoms with Crippen molar-refractivity contribution >= 4 is 22.3 Å². The fraction of sp³-hybridized carbons (Fsp3) is 0.182. The van der Waals surface area contributed by atoms with Gasteiger partial charge in [0.05, 0.1) is 4.92 Å². The average Bonchev–Trinajstić information content (AvgIpc) is 2.29. The molecule has 2 aromatic rings. The molecule has 0 saturated heterocycles. The molecule has 0 amide bonds. The number of nitrogens with one attached hydrogen (secondary N) is 1. The van der Waals surface area contributed by atoms with Crippen molar-refractivity contribution in [1.29, 1.82) is 0 Å². The Morgan fingerprint density at radius 1 is 1.41 bits per heavy atom. The second-order valence-corrected chi connectivity index (χ2v) is 3.52. The van der Waals surface area contributed by atoms with Gasteiger partial charge >= 0.3 is 5.69 Å². The lowest BCUT2D eigenvalue weighted by Crippen LogP contribution is -2.27. The van der Waals surface area contributed by atoms with Gasteiger partial charge in [0.2, 0.25) is 11.7 Å². The fourth-order valence-electron chi connectivity index (χ4n) is 1.78. The minimum Gasteiger partial charge on any atom is -0.618 e. The second kappa shape index (κ2) is 4.25. The zero-order chi connectivity index (χ0) is 12.4. The SMILES string of the molecule is CCNc1c[n+]([O-])c2ccccc2c1[N+](=O)[O-]. The van der Waals surface area contributed by atoms with E-state index in [-0.39, 0.29) is 11.4 Å². The number of para-hydroxylation sites is 1. The summed E-state index contributed by atoms with van der Waals surface area (Å²) in [6, 6.07) is 6.48. The molecule has 6 nitrogen and oxygen atoms in total. The summed E-state index contributed by atoms with van der Waals surface area (Å²) < 4.78 is 0.639. The highest BCUT2D eigenvalue weighted by Crippen LogP contribution is 2.30. The maximum absolute atomic E-state index is 11.7. The number of rotatable bonds is 3. The predicted molar refractivity (Wildman–Crippen MR) is 63.7 cm³/mol. The van der Waals surface area contributed by atoms with E-state index in [2.05, 4.69) is 5.32 Å². The third-order valence-corrected chi connectivity index (χ3v) is 2.45. The van der Waals surface area contributed by atoms with Gasteiger partial charge in [-0.3, -0.25) is 10.1 Å². The number of benzene rings is 1. The van der Waals surface area contributed by atoms with Gasteiger partial charge in [0.1, 0.15) is 5.39 Å². The van der Waals surface area contributed by atoms with Crippen molar-refractivity contribution in [1.82, 2.24) is 0 Å². The van der Waals surface area contributed by atoms with E-state index in [9.17, 15) is 15.3 Å². The third kappa shape index (κ3) is 1.84. The first kappa shape index (κ1) is 11.1.